The van der Waals surface area contributed by atoms with E-state index in [4.69, 9.17) is 10.00 Å². The van der Waals surface area contributed by atoms with Crippen LogP contribution in [0.5, 0.6) is 11.6 Å². The second-order valence-electron chi connectivity index (χ2n) is 6.90. The summed E-state index contributed by atoms with van der Waals surface area (Å²) in [5, 5.41) is 8.92. The van der Waals surface area contributed by atoms with Crippen LogP contribution in [0.1, 0.15) is 28.1 Å². The number of ether oxygens (including phenoxy) is 1. The van der Waals surface area contributed by atoms with Crippen molar-refractivity contribution in [2.24, 2.45) is 0 Å². The monoisotopic (exact) mass is 380 g/mol. The number of benzene rings is 2. The number of aromatic nitrogens is 3. The van der Waals surface area contributed by atoms with E-state index in [2.05, 4.69) is 32.7 Å². The van der Waals surface area contributed by atoms with Gasteiger partial charge in [-0.15, -0.1) is 0 Å². The summed E-state index contributed by atoms with van der Waals surface area (Å²) in [6.45, 7) is 4.07. The van der Waals surface area contributed by atoms with Crippen LogP contribution in [-0.2, 0) is 6.42 Å². The predicted molar refractivity (Wildman–Crippen MR) is 111 cm³/mol. The van der Waals surface area contributed by atoms with E-state index in [1.807, 2.05) is 50.5 Å². The smallest absolute Gasteiger partial charge is 0.222 e. The Kier molecular flexibility index (Phi) is 5.08. The van der Waals surface area contributed by atoms with Gasteiger partial charge < -0.3 is 9.30 Å². The van der Waals surface area contributed by atoms with Crippen molar-refractivity contribution in [3.63, 3.8) is 0 Å². The predicted octanol–water partition coefficient (Wildman–Crippen LogP) is 5.14. The number of rotatable bonds is 5. The molecule has 4 aromatic rings. The molecule has 2 aromatic heterocycles. The van der Waals surface area contributed by atoms with Crippen LogP contribution in [0.15, 0.2) is 73.2 Å². The van der Waals surface area contributed by atoms with Crippen LogP contribution in [0.4, 0.5) is 0 Å². The summed E-state index contributed by atoms with van der Waals surface area (Å²) >= 11 is 0. The minimum absolute atomic E-state index is 0.517. The third-order valence-corrected chi connectivity index (χ3v) is 4.68. The zero-order valence-electron chi connectivity index (χ0n) is 16.3. The molecule has 0 amide bonds. The van der Waals surface area contributed by atoms with Crippen molar-refractivity contribution in [3.8, 4) is 23.4 Å². The van der Waals surface area contributed by atoms with E-state index in [0.717, 1.165) is 28.1 Å². The lowest BCUT2D eigenvalue weighted by Crippen LogP contribution is -2.00. The van der Waals surface area contributed by atoms with Gasteiger partial charge in [-0.2, -0.15) is 10.2 Å². The van der Waals surface area contributed by atoms with Gasteiger partial charge in [0.25, 0.3) is 0 Å². The molecule has 0 saturated heterocycles. The van der Waals surface area contributed by atoms with E-state index in [0.29, 0.717) is 23.7 Å². The van der Waals surface area contributed by atoms with E-state index < -0.39 is 0 Å². The zero-order chi connectivity index (χ0) is 20.2. The fraction of sp³-hybridized carbons (Fsp3) is 0.125. The first kappa shape index (κ1) is 18.5. The molecule has 5 nitrogen and oxygen atoms in total. The lowest BCUT2D eigenvalue weighted by atomic mass is 10.1. The summed E-state index contributed by atoms with van der Waals surface area (Å²) in [5.41, 5.74) is 4.87. The molecule has 0 N–H and O–H groups in total. The molecule has 5 heteroatoms. The van der Waals surface area contributed by atoms with Crippen LogP contribution in [0.25, 0.3) is 5.69 Å². The SMILES string of the molecule is Cc1cc(-n2cccc2)cc(C)c1Oc1ccnc(Cc2ccc(C#N)cc2)n1. The molecule has 29 heavy (non-hydrogen) atoms. The van der Waals surface area contributed by atoms with Crippen molar-refractivity contribution in [2.75, 3.05) is 0 Å². The molecule has 0 bridgehead atoms. The Balaban J connectivity index is 1.55. The molecular formula is C24H20N4O. The van der Waals surface area contributed by atoms with E-state index in [1.165, 1.54) is 0 Å². The third kappa shape index (κ3) is 4.17. The van der Waals surface area contributed by atoms with Crippen molar-refractivity contribution < 1.29 is 4.74 Å². The van der Waals surface area contributed by atoms with Crippen LogP contribution >= 0.6 is 0 Å². The van der Waals surface area contributed by atoms with Crippen LogP contribution in [0, 0.1) is 25.2 Å². The van der Waals surface area contributed by atoms with E-state index in [-0.39, 0.29) is 0 Å². The largest absolute Gasteiger partial charge is 0.438 e. The van der Waals surface area contributed by atoms with Gasteiger partial charge in [0.05, 0.1) is 11.6 Å². The van der Waals surface area contributed by atoms with Crippen LogP contribution < -0.4 is 4.74 Å². The summed E-state index contributed by atoms with van der Waals surface area (Å²) in [5.74, 6) is 2.00. The quantitative estimate of drug-likeness (QED) is 0.481. The lowest BCUT2D eigenvalue weighted by molar-refractivity contribution is 0.452. The molecule has 0 aliphatic heterocycles. The molecule has 0 aliphatic carbocycles. The topological polar surface area (TPSA) is 63.7 Å². The summed E-state index contributed by atoms with van der Waals surface area (Å²) in [4.78, 5) is 8.91. The van der Waals surface area contributed by atoms with Gasteiger partial charge in [-0.05, 0) is 66.9 Å². The first-order valence-electron chi connectivity index (χ1n) is 9.36. The van der Waals surface area contributed by atoms with Crippen molar-refractivity contribution >= 4 is 0 Å². The van der Waals surface area contributed by atoms with Crippen LogP contribution in [-0.4, -0.2) is 14.5 Å². The van der Waals surface area contributed by atoms with E-state index >= 15 is 0 Å². The maximum Gasteiger partial charge on any atom is 0.222 e. The van der Waals surface area contributed by atoms with Gasteiger partial charge in [0.1, 0.15) is 11.6 Å². The molecule has 0 radical (unpaired) electrons. The fourth-order valence-corrected chi connectivity index (χ4v) is 3.25. The number of nitriles is 1. The van der Waals surface area contributed by atoms with Gasteiger partial charge in [-0.25, -0.2) is 4.98 Å². The Morgan fingerprint density at radius 1 is 1.00 bits per heavy atom. The van der Waals surface area contributed by atoms with Crippen LogP contribution in [0.2, 0.25) is 0 Å². The minimum Gasteiger partial charge on any atom is -0.438 e. The maximum absolute atomic E-state index is 8.92. The highest BCUT2D eigenvalue weighted by Crippen LogP contribution is 2.30. The van der Waals surface area contributed by atoms with E-state index in [9.17, 15) is 0 Å². The Hall–Kier alpha value is -3.91. The van der Waals surface area contributed by atoms with Gasteiger partial charge >= 0.3 is 0 Å². The molecular weight excluding hydrogens is 360 g/mol. The summed E-state index contributed by atoms with van der Waals surface area (Å²) < 4.78 is 8.20. The molecule has 0 fully saturated rings. The molecule has 0 spiro atoms. The summed E-state index contributed by atoms with van der Waals surface area (Å²) in [6, 6.07) is 19.5. The zero-order valence-corrected chi connectivity index (χ0v) is 16.3. The average Bonchev–Trinajstić information content (AvgIpc) is 3.26. The van der Waals surface area contributed by atoms with Gasteiger partial charge in [-0.3, -0.25) is 0 Å². The molecule has 2 heterocycles. The normalized spacial score (nSPS) is 10.5. The molecule has 142 valence electrons. The van der Waals surface area contributed by atoms with Crippen LogP contribution in [0.3, 0.4) is 0 Å². The van der Waals surface area contributed by atoms with Crippen molar-refractivity contribution in [1.29, 1.82) is 5.26 Å². The fourth-order valence-electron chi connectivity index (χ4n) is 3.25. The Bertz CT molecular complexity index is 1150. The molecule has 0 saturated carbocycles. The van der Waals surface area contributed by atoms with Gasteiger partial charge in [0.15, 0.2) is 0 Å². The minimum atomic E-state index is 0.517. The number of nitrogens with zero attached hydrogens (tertiary/aromatic N) is 4. The molecule has 4 rings (SSSR count). The average molecular weight is 380 g/mol. The van der Waals surface area contributed by atoms with Gasteiger partial charge in [0.2, 0.25) is 5.88 Å². The third-order valence-electron chi connectivity index (χ3n) is 4.68. The number of hydrogen-bond donors (Lipinski definition) is 0. The van der Waals surface area contributed by atoms with Gasteiger partial charge in [-0.1, -0.05) is 12.1 Å². The number of hydrogen-bond acceptors (Lipinski definition) is 4. The Labute approximate surface area is 169 Å². The maximum atomic E-state index is 8.92. The van der Waals surface area contributed by atoms with Crippen molar-refractivity contribution in [2.45, 2.75) is 20.3 Å². The summed E-state index contributed by atoms with van der Waals surface area (Å²) in [6.07, 6.45) is 6.33. The number of aryl methyl sites for hydroxylation is 2. The Morgan fingerprint density at radius 3 is 2.34 bits per heavy atom. The molecule has 0 atom stereocenters. The molecule has 0 aliphatic rings. The highest BCUT2D eigenvalue weighted by atomic mass is 16.5. The molecule has 0 unspecified atom stereocenters. The second kappa shape index (κ2) is 7.99. The Morgan fingerprint density at radius 2 is 1.69 bits per heavy atom. The standard InChI is InChI=1S/C24H20N4O/c1-17-13-21(28-11-3-4-12-28)14-18(2)24(17)29-23-9-10-26-22(27-23)15-19-5-7-20(16-25)8-6-19/h3-14H,15H2,1-2H3. The molecule has 2 aromatic carbocycles. The first-order chi connectivity index (χ1) is 14.1. The van der Waals surface area contributed by atoms with E-state index in [1.54, 1.807) is 24.4 Å². The highest BCUT2D eigenvalue weighted by molar-refractivity contribution is 5.50. The highest BCUT2D eigenvalue weighted by Gasteiger charge is 2.10. The second-order valence-corrected chi connectivity index (χ2v) is 6.90. The lowest BCUT2D eigenvalue weighted by Gasteiger charge is -2.14. The van der Waals surface area contributed by atoms with Crippen molar-refractivity contribution in [1.82, 2.24) is 14.5 Å². The summed E-state index contributed by atoms with van der Waals surface area (Å²) in [7, 11) is 0. The van der Waals surface area contributed by atoms with Crippen molar-refractivity contribution in [3.05, 3.63) is 101 Å². The van der Waals surface area contributed by atoms with Gasteiger partial charge in [0, 0.05) is 36.8 Å². The first-order valence-corrected chi connectivity index (χ1v) is 9.36.